The molecule has 2 fully saturated rings. The van der Waals surface area contributed by atoms with E-state index in [4.69, 9.17) is 4.74 Å². The van der Waals surface area contributed by atoms with Gasteiger partial charge in [0.2, 0.25) is 0 Å². The lowest BCUT2D eigenvalue weighted by molar-refractivity contribution is 0.0807. The third-order valence-corrected chi connectivity index (χ3v) is 6.34. The summed E-state index contributed by atoms with van der Waals surface area (Å²) in [6.07, 6.45) is 8.31. The summed E-state index contributed by atoms with van der Waals surface area (Å²) in [6, 6.07) is 7.58. The molecule has 0 bridgehead atoms. The fraction of sp³-hybridized carbons (Fsp3) is 0.667. The Morgan fingerprint density at radius 2 is 2.15 bits per heavy atom. The molecule has 2 nitrogen and oxygen atoms in total. The second kappa shape index (κ2) is 4.49. The zero-order valence-corrected chi connectivity index (χ0v) is 12.7. The van der Waals surface area contributed by atoms with Crippen LogP contribution in [0.3, 0.4) is 0 Å². The van der Waals surface area contributed by atoms with Gasteiger partial charge in [0.15, 0.2) is 0 Å². The third kappa shape index (κ3) is 1.60. The molecule has 0 aromatic heterocycles. The van der Waals surface area contributed by atoms with Gasteiger partial charge in [0.1, 0.15) is 5.75 Å². The van der Waals surface area contributed by atoms with Gasteiger partial charge in [0.05, 0.1) is 7.11 Å². The standard InChI is InChI=1S/C18H25NO/c1-19-10-9-18-8-4-3-5-16(18)15-7-6-14(20-2)11-13(15)12-17(18)19/h6-7,11,16-17H,3-5,8-10,12H2,1-2H3. The SMILES string of the molecule is COc1ccc2c(c1)CC1N(C)CCC13CCCCC23. The molecule has 108 valence electrons. The number of likely N-dealkylation sites (tertiary alicyclic amines) is 1. The normalized spacial score (nSPS) is 36.1. The van der Waals surface area contributed by atoms with Gasteiger partial charge in [-0.2, -0.15) is 0 Å². The summed E-state index contributed by atoms with van der Waals surface area (Å²) in [5, 5.41) is 0. The highest BCUT2D eigenvalue weighted by atomic mass is 16.5. The lowest BCUT2D eigenvalue weighted by Crippen LogP contribution is -2.48. The van der Waals surface area contributed by atoms with Crippen LogP contribution in [0.25, 0.3) is 0 Å². The molecule has 4 rings (SSSR count). The van der Waals surface area contributed by atoms with Crippen molar-refractivity contribution in [2.75, 3.05) is 20.7 Å². The Kier molecular flexibility index (Phi) is 2.85. The van der Waals surface area contributed by atoms with Crippen molar-refractivity contribution in [3.63, 3.8) is 0 Å². The number of likely N-dealkylation sites (N-methyl/N-ethyl adjacent to an activating group) is 1. The Hall–Kier alpha value is -1.02. The lowest BCUT2D eigenvalue weighted by Gasteiger charge is -2.51. The smallest absolute Gasteiger partial charge is 0.119 e. The lowest BCUT2D eigenvalue weighted by atomic mass is 9.55. The molecule has 1 aromatic carbocycles. The number of ether oxygens (including phenoxy) is 1. The molecular weight excluding hydrogens is 246 g/mol. The molecule has 1 aromatic rings. The van der Waals surface area contributed by atoms with Crippen molar-refractivity contribution in [3.8, 4) is 5.75 Å². The minimum atomic E-state index is 0.578. The van der Waals surface area contributed by atoms with Crippen LogP contribution in [0, 0.1) is 5.41 Å². The van der Waals surface area contributed by atoms with Crippen LogP contribution in [-0.2, 0) is 6.42 Å². The summed E-state index contributed by atoms with van der Waals surface area (Å²) in [4.78, 5) is 2.63. The number of hydrogen-bond acceptors (Lipinski definition) is 2. The zero-order chi connectivity index (χ0) is 13.7. The van der Waals surface area contributed by atoms with Gasteiger partial charge in [-0.3, -0.25) is 0 Å². The molecule has 3 unspecified atom stereocenters. The minimum absolute atomic E-state index is 0.578. The maximum atomic E-state index is 5.44. The van der Waals surface area contributed by atoms with Gasteiger partial charge >= 0.3 is 0 Å². The van der Waals surface area contributed by atoms with Crippen molar-refractivity contribution >= 4 is 0 Å². The van der Waals surface area contributed by atoms with Crippen molar-refractivity contribution in [1.82, 2.24) is 4.90 Å². The Morgan fingerprint density at radius 3 is 3.00 bits per heavy atom. The van der Waals surface area contributed by atoms with Crippen molar-refractivity contribution in [3.05, 3.63) is 29.3 Å². The molecule has 1 aliphatic heterocycles. The number of nitrogens with zero attached hydrogens (tertiary/aromatic N) is 1. The number of hydrogen-bond donors (Lipinski definition) is 0. The Labute approximate surface area is 122 Å². The number of benzene rings is 1. The molecule has 20 heavy (non-hydrogen) atoms. The van der Waals surface area contributed by atoms with E-state index < -0.39 is 0 Å². The predicted octanol–water partition coefficient (Wildman–Crippen LogP) is 3.60. The first-order chi connectivity index (χ1) is 9.74. The average molecular weight is 271 g/mol. The monoisotopic (exact) mass is 271 g/mol. The highest BCUT2D eigenvalue weighted by Gasteiger charge is 2.54. The topological polar surface area (TPSA) is 12.5 Å². The first-order valence-corrected chi connectivity index (χ1v) is 8.12. The molecular formula is C18H25NO. The molecule has 1 saturated heterocycles. The van der Waals surface area contributed by atoms with E-state index in [2.05, 4.69) is 30.1 Å². The summed E-state index contributed by atoms with van der Waals surface area (Å²) >= 11 is 0. The number of methoxy groups -OCH3 is 1. The van der Waals surface area contributed by atoms with E-state index in [0.717, 1.165) is 17.7 Å². The molecule has 1 spiro atoms. The molecule has 2 aliphatic carbocycles. The summed E-state index contributed by atoms with van der Waals surface area (Å²) in [7, 11) is 4.10. The average Bonchev–Trinajstić information content (AvgIpc) is 2.81. The molecule has 1 saturated carbocycles. The van der Waals surface area contributed by atoms with Crippen LogP contribution in [0.5, 0.6) is 5.75 Å². The fourth-order valence-corrected chi connectivity index (χ4v) is 5.37. The highest BCUT2D eigenvalue weighted by Crippen LogP contribution is 2.59. The van der Waals surface area contributed by atoms with E-state index in [9.17, 15) is 0 Å². The zero-order valence-electron chi connectivity index (χ0n) is 12.7. The van der Waals surface area contributed by atoms with Crippen molar-refractivity contribution < 1.29 is 4.74 Å². The summed E-state index contributed by atoms with van der Waals surface area (Å²) in [5.74, 6) is 1.81. The second-order valence-electron chi connectivity index (χ2n) is 7.05. The highest BCUT2D eigenvalue weighted by molar-refractivity contribution is 5.43. The molecule has 0 amide bonds. The number of fused-ring (bicyclic) bond motifs is 2. The fourth-order valence-electron chi connectivity index (χ4n) is 5.37. The van der Waals surface area contributed by atoms with Gasteiger partial charge in [-0.25, -0.2) is 0 Å². The van der Waals surface area contributed by atoms with Crippen LogP contribution in [0.4, 0.5) is 0 Å². The predicted molar refractivity (Wildman–Crippen MR) is 81.4 cm³/mol. The third-order valence-electron chi connectivity index (χ3n) is 6.34. The largest absolute Gasteiger partial charge is 0.497 e. The van der Waals surface area contributed by atoms with Crippen LogP contribution in [0.1, 0.15) is 49.1 Å². The van der Waals surface area contributed by atoms with Gasteiger partial charge < -0.3 is 9.64 Å². The van der Waals surface area contributed by atoms with E-state index in [1.54, 1.807) is 18.2 Å². The van der Waals surface area contributed by atoms with Crippen LogP contribution in [-0.4, -0.2) is 31.6 Å². The molecule has 0 N–H and O–H groups in total. The first kappa shape index (κ1) is 12.7. The Bertz CT molecular complexity index is 522. The van der Waals surface area contributed by atoms with E-state index >= 15 is 0 Å². The van der Waals surface area contributed by atoms with Crippen LogP contribution >= 0.6 is 0 Å². The van der Waals surface area contributed by atoms with Crippen molar-refractivity contribution in [2.24, 2.45) is 5.41 Å². The second-order valence-corrected chi connectivity index (χ2v) is 7.05. The molecule has 1 heterocycles. The van der Waals surface area contributed by atoms with Gasteiger partial charge in [0.25, 0.3) is 0 Å². The van der Waals surface area contributed by atoms with Crippen molar-refractivity contribution in [2.45, 2.75) is 50.5 Å². The van der Waals surface area contributed by atoms with E-state index in [1.165, 1.54) is 45.1 Å². The molecule has 2 heteroatoms. The summed E-state index contributed by atoms with van der Waals surface area (Å²) < 4.78 is 5.44. The van der Waals surface area contributed by atoms with Crippen molar-refractivity contribution in [1.29, 1.82) is 0 Å². The van der Waals surface area contributed by atoms with E-state index in [-0.39, 0.29) is 0 Å². The molecule has 3 atom stereocenters. The van der Waals surface area contributed by atoms with Crippen LogP contribution in [0.2, 0.25) is 0 Å². The van der Waals surface area contributed by atoms with Gasteiger partial charge in [-0.15, -0.1) is 0 Å². The summed E-state index contributed by atoms with van der Waals surface area (Å²) in [6.45, 7) is 1.28. The molecule has 3 aliphatic rings. The van der Waals surface area contributed by atoms with Gasteiger partial charge in [0, 0.05) is 6.04 Å². The minimum Gasteiger partial charge on any atom is -0.497 e. The molecule has 0 radical (unpaired) electrons. The maximum Gasteiger partial charge on any atom is 0.119 e. The quantitative estimate of drug-likeness (QED) is 0.774. The summed E-state index contributed by atoms with van der Waals surface area (Å²) in [5.41, 5.74) is 3.76. The Morgan fingerprint density at radius 1 is 1.25 bits per heavy atom. The van der Waals surface area contributed by atoms with Crippen LogP contribution < -0.4 is 4.74 Å². The van der Waals surface area contributed by atoms with Crippen LogP contribution in [0.15, 0.2) is 18.2 Å². The number of rotatable bonds is 1. The maximum absolute atomic E-state index is 5.44. The van der Waals surface area contributed by atoms with E-state index in [1.807, 2.05) is 0 Å². The van der Waals surface area contributed by atoms with Gasteiger partial charge in [-0.1, -0.05) is 18.9 Å². The van der Waals surface area contributed by atoms with E-state index in [0.29, 0.717) is 5.41 Å². The Balaban J connectivity index is 1.83. The first-order valence-electron chi connectivity index (χ1n) is 8.12. The van der Waals surface area contributed by atoms with Gasteiger partial charge in [-0.05, 0) is 73.9 Å².